The average molecular weight is 286 g/mol. The first-order valence-corrected chi connectivity index (χ1v) is 7.02. The number of nitrogens with zero attached hydrogens (tertiary/aromatic N) is 2. The summed E-state index contributed by atoms with van der Waals surface area (Å²) in [6.45, 7) is 5.90. The number of furan rings is 1. The van der Waals surface area contributed by atoms with Crippen LogP contribution in [0.25, 0.3) is 0 Å². The standard InChI is InChI=1S/C12H18N2O4S/c1-9(2)8-14(5)12(15)10-6-7-11(18-10)19(16,17)13(3)4/h6-7H,1,8H2,2-5H3. The van der Waals surface area contributed by atoms with Crippen molar-refractivity contribution in [2.45, 2.75) is 12.0 Å². The van der Waals surface area contributed by atoms with E-state index in [9.17, 15) is 13.2 Å². The van der Waals surface area contributed by atoms with Crippen LogP contribution < -0.4 is 0 Å². The quantitative estimate of drug-likeness (QED) is 0.762. The summed E-state index contributed by atoms with van der Waals surface area (Å²) in [6.07, 6.45) is 0. The number of amides is 1. The zero-order chi connectivity index (χ0) is 14.8. The summed E-state index contributed by atoms with van der Waals surface area (Å²) in [6, 6.07) is 2.63. The van der Waals surface area contributed by atoms with Crippen molar-refractivity contribution in [3.8, 4) is 0 Å². The minimum Gasteiger partial charge on any atom is -0.438 e. The lowest BCUT2D eigenvalue weighted by Gasteiger charge is -2.15. The Kier molecular flexibility index (Phi) is 4.54. The van der Waals surface area contributed by atoms with Crippen LogP contribution in [0.4, 0.5) is 0 Å². The molecule has 1 aromatic rings. The van der Waals surface area contributed by atoms with E-state index in [1.54, 1.807) is 14.0 Å². The third-order valence-corrected chi connectivity index (χ3v) is 4.07. The lowest BCUT2D eigenvalue weighted by molar-refractivity contribution is 0.0769. The van der Waals surface area contributed by atoms with Gasteiger partial charge in [0.2, 0.25) is 5.09 Å². The minimum absolute atomic E-state index is 0.0100. The molecule has 1 rings (SSSR count). The Morgan fingerprint density at radius 1 is 1.32 bits per heavy atom. The first kappa shape index (κ1) is 15.5. The number of carbonyl (C=O) groups is 1. The number of carbonyl (C=O) groups excluding carboxylic acids is 1. The van der Waals surface area contributed by atoms with Gasteiger partial charge in [0.05, 0.1) is 0 Å². The van der Waals surface area contributed by atoms with Crippen molar-refractivity contribution in [2.24, 2.45) is 0 Å². The van der Waals surface area contributed by atoms with Crippen molar-refractivity contribution in [3.05, 3.63) is 30.0 Å². The highest BCUT2D eigenvalue weighted by Crippen LogP contribution is 2.18. The third kappa shape index (κ3) is 3.45. The molecule has 1 aromatic heterocycles. The van der Waals surface area contributed by atoms with E-state index in [0.29, 0.717) is 6.54 Å². The molecule has 0 aromatic carbocycles. The van der Waals surface area contributed by atoms with Gasteiger partial charge in [0.25, 0.3) is 15.9 Å². The molecule has 0 saturated carbocycles. The number of hydrogen-bond donors (Lipinski definition) is 0. The Hall–Kier alpha value is -1.60. The number of likely N-dealkylation sites (N-methyl/N-ethyl adjacent to an activating group) is 1. The average Bonchev–Trinajstić information content (AvgIpc) is 2.76. The first-order chi connectivity index (χ1) is 8.66. The van der Waals surface area contributed by atoms with E-state index in [2.05, 4.69) is 6.58 Å². The van der Waals surface area contributed by atoms with Crippen LogP contribution in [0, 0.1) is 0 Å². The normalized spacial score (nSPS) is 11.6. The van der Waals surface area contributed by atoms with Gasteiger partial charge in [0.15, 0.2) is 5.76 Å². The molecule has 0 aliphatic rings. The molecule has 0 atom stereocenters. The maximum atomic E-state index is 12.0. The predicted molar refractivity (Wildman–Crippen MR) is 71.4 cm³/mol. The molecule has 1 heterocycles. The Morgan fingerprint density at radius 2 is 1.89 bits per heavy atom. The molecule has 0 saturated heterocycles. The zero-order valence-corrected chi connectivity index (χ0v) is 12.3. The summed E-state index contributed by atoms with van der Waals surface area (Å²) in [5.41, 5.74) is 0.823. The van der Waals surface area contributed by atoms with Gasteiger partial charge in [0, 0.05) is 27.7 Å². The fourth-order valence-electron chi connectivity index (χ4n) is 1.42. The van der Waals surface area contributed by atoms with E-state index >= 15 is 0 Å². The second kappa shape index (κ2) is 5.58. The van der Waals surface area contributed by atoms with Gasteiger partial charge < -0.3 is 9.32 Å². The predicted octanol–water partition coefficient (Wildman–Crippen LogP) is 1.18. The minimum atomic E-state index is -3.66. The van der Waals surface area contributed by atoms with E-state index in [-0.39, 0.29) is 16.8 Å². The van der Waals surface area contributed by atoms with Crippen molar-refractivity contribution in [1.82, 2.24) is 9.21 Å². The summed E-state index contributed by atoms with van der Waals surface area (Å²) >= 11 is 0. The fraction of sp³-hybridized carbons (Fsp3) is 0.417. The van der Waals surface area contributed by atoms with Gasteiger partial charge in [-0.3, -0.25) is 4.79 Å². The largest absolute Gasteiger partial charge is 0.438 e. The fourth-order valence-corrected chi connectivity index (χ4v) is 2.21. The van der Waals surface area contributed by atoms with Gasteiger partial charge in [-0.05, 0) is 19.1 Å². The van der Waals surface area contributed by atoms with Crippen molar-refractivity contribution >= 4 is 15.9 Å². The summed E-state index contributed by atoms with van der Waals surface area (Å²) in [4.78, 5) is 13.4. The third-order valence-electron chi connectivity index (χ3n) is 2.38. The van der Waals surface area contributed by atoms with Gasteiger partial charge in [-0.1, -0.05) is 12.2 Å². The van der Waals surface area contributed by atoms with Gasteiger partial charge >= 0.3 is 0 Å². The van der Waals surface area contributed by atoms with Crippen LogP contribution in [0.5, 0.6) is 0 Å². The molecule has 0 radical (unpaired) electrons. The van der Waals surface area contributed by atoms with Crippen molar-refractivity contribution < 1.29 is 17.6 Å². The van der Waals surface area contributed by atoms with Crippen molar-refractivity contribution in [3.63, 3.8) is 0 Å². The molecular weight excluding hydrogens is 268 g/mol. The first-order valence-electron chi connectivity index (χ1n) is 5.58. The number of hydrogen-bond acceptors (Lipinski definition) is 4. The lowest BCUT2D eigenvalue weighted by atomic mass is 10.3. The van der Waals surface area contributed by atoms with Crippen LogP contribution in [0.1, 0.15) is 17.5 Å². The molecule has 7 heteroatoms. The van der Waals surface area contributed by atoms with Gasteiger partial charge in [-0.25, -0.2) is 12.7 Å². The Morgan fingerprint density at radius 3 is 2.37 bits per heavy atom. The molecule has 0 bridgehead atoms. The maximum absolute atomic E-state index is 12.0. The molecule has 0 aliphatic carbocycles. The van der Waals surface area contributed by atoms with E-state index in [1.165, 1.54) is 31.1 Å². The Bertz CT molecular complexity index is 587. The van der Waals surface area contributed by atoms with Gasteiger partial charge in [-0.15, -0.1) is 0 Å². The van der Waals surface area contributed by atoms with Crippen LogP contribution in [0.15, 0.2) is 33.8 Å². The number of rotatable bonds is 5. The molecule has 0 spiro atoms. The zero-order valence-electron chi connectivity index (χ0n) is 11.5. The van der Waals surface area contributed by atoms with Crippen LogP contribution in [0.2, 0.25) is 0 Å². The van der Waals surface area contributed by atoms with E-state index in [4.69, 9.17) is 4.42 Å². The molecule has 0 N–H and O–H groups in total. The summed E-state index contributed by atoms with van der Waals surface area (Å²) in [5, 5.41) is -0.246. The van der Waals surface area contributed by atoms with Crippen LogP contribution >= 0.6 is 0 Å². The lowest BCUT2D eigenvalue weighted by Crippen LogP contribution is -2.27. The van der Waals surface area contributed by atoms with Crippen LogP contribution in [-0.4, -0.2) is 51.2 Å². The molecule has 0 aliphatic heterocycles. The molecule has 0 unspecified atom stereocenters. The second-order valence-electron chi connectivity index (χ2n) is 4.52. The molecule has 6 nitrogen and oxygen atoms in total. The molecule has 0 fully saturated rings. The summed E-state index contributed by atoms with van der Waals surface area (Å²) in [5.74, 6) is -0.396. The van der Waals surface area contributed by atoms with Gasteiger partial charge in [-0.2, -0.15) is 0 Å². The monoisotopic (exact) mass is 286 g/mol. The highest BCUT2D eigenvalue weighted by atomic mass is 32.2. The van der Waals surface area contributed by atoms with Crippen LogP contribution in [0.3, 0.4) is 0 Å². The van der Waals surface area contributed by atoms with E-state index in [1.807, 2.05) is 0 Å². The second-order valence-corrected chi connectivity index (χ2v) is 6.61. The SMILES string of the molecule is C=C(C)CN(C)C(=O)c1ccc(S(=O)(=O)N(C)C)o1. The summed E-state index contributed by atoms with van der Waals surface area (Å²) in [7, 11) is 0.728. The van der Waals surface area contributed by atoms with E-state index in [0.717, 1.165) is 9.88 Å². The van der Waals surface area contributed by atoms with Crippen LogP contribution in [-0.2, 0) is 10.0 Å². The Labute approximate surface area is 113 Å². The smallest absolute Gasteiger partial charge is 0.289 e. The van der Waals surface area contributed by atoms with E-state index < -0.39 is 10.0 Å². The topological polar surface area (TPSA) is 70.8 Å². The molecule has 19 heavy (non-hydrogen) atoms. The van der Waals surface area contributed by atoms with Crippen molar-refractivity contribution in [2.75, 3.05) is 27.7 Å². The maximum Gasteiger partial charge on any atom is 0.289 e. The van der Waals surface area contributed by atoms with Gasteiger partial charge in [0.1, 0.15) is 0 Å². The number of sulfonamides is 1. The summed E-state index contributed by atoms with van der Waals surface area (Å²) < 4.78 is 29.8. The molecule has 106 valence electrons. The highest BCUT2D eigenvalue weighted by Gasteiger charge is 2.24. The van der Waals surface area contributed by atoms with Crippen molar-refractivity contribution in [1.29, 1.82) is 0 Å². The molecular formula is C12H18N2O4S. The molecule has 1 amide bonds. The Balaban J connectivity index is 2.98. The highest BCUT2D eigenvalue weighted by molar-refractivity contribution is 7.88.